The molecule has 0 aliphatic carbocycles. The van der Waals surface area contributed by atoms with Gasteiger partial charge in [-0.25, -0.2) is 39.9 Å². The van der Waals surface area contributed by atoms with Crippen LogP contribution >= 0.6 is 14.8 Å². The van der Waals surface area contributed by atoms with E-state index in [0.717, 1.165) is 21.2 Å². The van der Waals surface area contributed by atoms with Crippen molar-refractivity contribution in [3.8, 4) is 0 Å². The van der Waals surface area contributed by atoms with Crippen LogP contribution in [-0.4, -0.2) is 46.2 Å². The van der Waals surface area contributed by atoms with E-state index in [-0.39, 0.29) is 0 Å². The minimum Gasteiger partial charge on any atom is -0.244 e. The summed E-state index contributed by atoms with van der Waals surface area (Å²) in [5.74, 6) is 0. The van der Waals surface area contributed by atoms with Crippen molar-refractivity contribution in [3.05, 3.63) is 74.9 Å². The lowest BCUT2D eigenvalue weighted by Crippen LogP contribution is -2.18. The van der Waals surface area contributed by atoms with Crippen molar-refractivity contribution in [1.29, 1.82) is 0 Å². The van der Waals surface area contributed by atoms with E-state index in [1.54, 1.807) is 49.6 Å². The summed E-state index contributed by atoms with van der Waals surface area (Å²) < 4.78 is 5.23. The van der Waals surface area contributed by atoms with Crippen LogP contribution in [0.2, 0.25) is 0 Å². The molecule has 0 unspecified atom stereocenters. The van der Waals surface area contributed by atoms with Crippen LogP contribution in [0.4, 0.5) is 0 Å². The second-order valence-electron chi connectivity index (χ2n) is 5.56. The van der Waals surface area contributed by atoms with Gasteiger partial charge in [0.1, 0.15) is 32.3 Å². The summed E-state index contributed by atoms with van der Waals surface area (Å²) in [6, 6.07) is 0. The zero-order valence-electron chi connectivity index (χ0n) is 14.6. The first kappa shape index (κ1) is 18.1. The molecule has 0 bridgehead atoms. The lowest BCUT2D eigenvalue weighted by molar-refractivity contribution is 1.18. The van der Waals surface area contributed by atoms with Crippen LogP contribution in [0, 0.1) is 0 Å². The Hall–Kier alpha value is -3.28. The highest BCUT2D eigenvalue weighted by Gasteiger charge is 2.31. The molecule has 4 aromatic heterocycles. The molecule has 0 aromatic carbocycles. The Morgan fingerprint density at radius 3 is 1.25 bits per heavy atom. The first-order chi connectivity index (χ1) is 13.8. The third kappa shape index (κ3) is 3.71. The van der Waals surface area contributed by atoms with Crippen LogP contribution in [0.5, 0.6) is 0 Å². The smallest absolute Gasteiger partial charge is 0.244 e. The number of aromatic nitrogens is 8. The fraction of sp³-hybridized carbons (Fsp3) is 0. The fourth-order valence-corrected chi connectivity index (χ4v) is 7.63. The van der Waals surface area contributed by atoms with Crippen LogP contribution in [-0.2, 0) is 0 Å². The van der Waals surface area contributed by atoms with Crippen LogP contribution in [0.25, 0.3) is 0 Å². The minimum atomic E-state index is -2.52. The van der Waals surface area contributed by atoms with Gasteiger partial charge >= 0.3 is 0 Å². The Morgan fingerprint density at radius 1 is 0.571 bits per heavy atom. The van der Waals surface area contributed by atoms with Gasteiger partial charge in [0.15, 0.2) is 0 Å². The number of nitrogens with zero attached hydrogens (tertiary/aromatic N) is 9. The van der Waals surface area contributed by atoms with E-state index in [2.05, 4.69) is 46.2 Å². The summed E-state index contributed by atoms with van der Waals surface area (Å²) in [5, 5.41) is 3.39. The Kier molecular flexibility index (Phi) is 5.28. The molecule has 4 aromatic rings. The molecule has 0 aliphatic heterocycles. The summed E-state index contributed by atoms with van der Waals surface area (Å²) in [7, 11) is -3.75. The quantitative estimate of drug-likeness (QED) is 0.440. The van der Waals surface area contributed by atoms with Gasteiger partial charge < -0.3 is 0 Å². The third-order valence-corrected chi connectivity index (χ3v) is 9.32. The molecule has 4 rings (SSSR count). The van der Waals surface area contributed by atoms with E-state index in [1.807, 2.05) is 0 Å². The molecule has 0 radical (unpaired) electrons. The molecule has 0 fully saturated rings. The Labute approximate surface area is 162 Å². The van der Waals surface area contributed by atoms with Gasteiger partial charge in [-0.1, -0.05) is 10.8 Å². The van der Waals surface area contributed by atoms with E-state index in [1.165, 1.54) is 25.3 Å². The average molecular weight is 406 g/mol. The zero-order valence-corrected chi connectivity index (χ0v) is 16.3. The van der Waals surface area contributed by atoms with Crippen LogP contribution in [0.3, 0.4) is 0 Å². The maximum atomic E-state index is 5.23. The van der Waals surface area contributed by atoms with Gasteiger partial charge in [0.2, 0.25) is 10.6 Å². The Balaban J connectivity index is 1.99. The van der Waals surface area contributed by atoms with E-state index >= 15 is 0 Å². The molecular weight excluding hydrogens is 392 g/mol. The second kappa shape index (κ2) is 8.17. The standard InChI is InChI=1S/C17H14N9P2/c1-28(16-6-22-12-23-7-16,17-8-24-13-25-9-17)26-27(14-2-18-10-19-3-14)15-4-20-11-21-5-15/h2-13H,1H2/q+1. The fourth-order valence-electron chi connectivity index (χ4n) is 2.42. The Bertz CT molecular complexity index is 1040. The van der Waals surface area contributed by atoms with Gasteiger partial charge in [0, 0.05) is 35.4 Å². The van der Waals surface area contributed by atoms with E-state index in [0.29, 0.717) is 0 Å². The van der Waals surface area contributed by atoms with Gasteiger partial charge in [-0.05, 0) is 0 Å². The van der Waals surface area contributed by atoms with Gasteiger partial charge in [-0.15, -0.1) is 0 Å². The van der Waals surface area contributed by atoms with Gasteiger partial charge in [0.05, 0.1) is 24.8 Å². The third-order valence-electron chi connectivity index (χ3n) is 3.77. The molecule has 0 N–H and O–H groups in total. The average Bonchev–Trinajstić information content (AvgIpc) is 2.80. The van der Waals surface area contributed by atoms with Gasteiger partial charge in [-0.2, -0.15) is 0 Å². The maximum Gasteiger partial charge on any atom is 0.287 e. The van der Waals surface area contributed by atoms with Gasteiger partial charge in [-0.3, -0.25) is 0 Å². The summed E-state index contributed by atoms with van der Waals surface area (Å²) in [5.41, 5.74) is 0. The van der Waals surface area contributed by atoms with Crippen molar-refractivity contribution in [1.82, 2.24) is 39.9 Å². The van der Waals surface area contributed by atoms with Crippen molar-refractivity contribution in [2.24, 2.45) is 4.52 Å². The molecule has 0 atom stereocenters. The minimum absolute atomic E-state index is 0.825. The second-order valence-corrected chi connectivity index (χ2v) is 10.5. The summed E-state index contributed by atoms with van der Waals surface area (Å²) in [6.07, 6.45) is 24.4. The molecule has 28 heavy (non-hydrogen) atoms. The number of rotatable bonds is 5. The summed E-state index contributed by atoms with van der Waals surface area (Å²) in [6.45, 7) is 0. The lowest BCUT2D eigenvalue weighted by Gasteiger charge is -2.16. The highest BCUT2D eigenvalue weighted by molar-refractivity contribution is 7.90. The molecular formula is C17H14N9P2+. The van der Waals surface area contributed by atoms with Crippen LogP contribution in [0.15, 0.2) is 79.4 Å². The highest BCUT2D eigenvalue weighted by atomic mass is 31.2. The Morgan fingerprint density at radius 2 is 0.893 bits per heavy atom. The molecule has 0 amide bonds. The molecule has 0 aliphatic rings. The lowest BCUT2D eigenvalue weighted by atomic mass is 10.7. The molecule has 0 saturated heterocycles. The zero-order chi connectivity index (χ0) is 19.2. The molecule has 136 valence electrons. The monoisotopic (exact) mass is 406 g/mol. The normalized spacial score (nSPS) is 11.0. The van der Waals surface area contributed by atoms with Crippen molar-refractivity contribution >= 4 is 42.3 Å². The van der Waals surface area contributed by atoms with E-state index in [9.17, 15) is 0 Å². The van der Waals surface area contributed by atoms with Crippen LogP contribution in [0.1, 0.15) is 0 Å². The van der Waals surface area contributed by atoms with E-state index in [4.69, 9.17) is 4.52 Å². The summed E-state index contributed by atoms with van der Waals surface area (Å²) in [4.78, 5) is 33.3. The van der Waals surface area contributed by atoms with Crippen molar-refractivity contribution in [2.75, 3.05) is 0 Å². The molecule has 9 nitrogen and oxygen atoms in total. The summed E-state index contributed by atoms with van der Waals surface area (Å²) >= 11 is 0. The number of hydrogen-bond acceptors (Lipinski definition) is 9. The predicted molar refractivity (Wildman–Crippen MR) is 110 cm³/mol. The number of hydrogen-bond donors (Lipinski definition) is 0. The largest absolute Gasteiger partial charge is 0.287 e. The van der Waals surface area contributed by atoms with E-state index < -0.39 is 14.8 Å². The van der Waals surface area contributed by atoms with Crippen LogP contribution < -0.4 is 21.2 Å². The van der Waals surface area contributed by atoms with Gasteiger partial charge in [0.25, 0.3) is 7.71 Å². The maximum absolute atomic E-state index is 5.23. The topological polar surface area (TPSA) is 115 Å². The molecule has 11 heteroatoms. The molecule has 4 heterocycles. The first-order valence-corrected chi connectivity index (χ1v) is 11.3. The predicted octanol–water partition coefficient (Wildman–Crippen LogP) is 0.478. The highest BCUT2D eigenvalue weighted by Crippen LogP contribution is 2.49. The molecule has 0 spiro atoms. The van der Waals surface area contributed by atoms with Crippen molar-refractivity contribution in [3.63, 3.8) is 0 Å². The SMILES string of the molecule is C=P(N=[P+](c1cncnc1)c1cncnc1)(c1cncnc1)c1cncnc1. The first-order valence-electron chi connectivity index (χ1n) is 8.05. The van der Waals surface area contributed by atoms with Crippen molar-refractivity contribution < 1.29 is 0 Å². The molecule has 0 saturated carbocycles. The van der Waals surface area contributed by atoms with Crippen molar-refractivity contribution in [2.45, 2.75) is 0 Å².